The van der Waals surface area contributed by atoms with Gasteiger partial charge in [-0.15, -0.1) is 0 Å². The van der Waals surface area contributed by atoms with Crippen LogP contribution in [0.1, 0.15) is 22.8 Å². The molecule has 0 radical (unpaired) electrons. The average molecular weight is 218 g/mol. The SMILES string of the molecule is CC(O)C(=O)c1ccccc1C(F)(F)F. The Bertz CT molecular complexity index is 369. The molecule has 82 valence electrons. The highest BCUT2D eigenvalue weighted by molar-refractivity contribution is 6.00. The number of carbonyl (C=O) groups excluding carboxylic acids is 1. The molecule has 1 atom stereocenters. The lowest BCUT2D eigenvalue weighted by molar-refractivity contribution is -0.137. The lowest BCUT2D eigenvalue weighted by Crippen LogP contribution is -2.21. The van der Waals surface area contributed by atoms with E-state index >= 15 is 0 Å². The van der Waals surface area contributed by atoms with Gasteiger partial charge < -0.3 is 5.11 Å². The number of Topliss-reactive ketones (excluding diaryl/α,β-unsaturated/α-hetero) is 1. The number of ketones is 1. The minimum atomic E-state index is -4.58. The number of alkyl halides is 3. The molecular weight excluding hydrogens is 209 g/mol. The largest absolute Gasteiger partial charge is 0.417 e. The molecule has 2 nitrogen and oxygen atoms in total. The molecule has 0 amide bonds. The van der Waals surface area contributed by atoms with Crippen molar-refractivity contribution in [3.63, 3.8) is 0 Å². The molecule has 0 aliphatic heterocycles. The number of rotatable bonds is 2. The third-order valence-corrected chi connectivity index (χ3v) is 1.88. The van der Waals surface area contributed by atoms with Crippen LogP contribution in [0.5, 0.6) is 0 Å². The molecule has 0 aromatic heterocycles. The quantitative estimate of drug-likeness (QED) is 0.773. The third kappa shape index (κ3) is 2.56. The van der Waals surface area contributed by atoms with Crippen LogP contribution >= 0.6 is 0 Å². The van der Waals surface area contributed by atoms with E-state index in [0.717, 1.165) is 19.1 Å². The highest BCUT2D eigenvalue weighted by Gasteiger charge is 2.35. The van der Waals surface area contributed by atoms with Gasteiger partial charge in [0.25, 0.3) is 0 Å². The van der Waals surface area contributed by atoms with Crippen molar-refractivity contribution in [2.45, 2.75) is 19.2 Å². The van der Waals surface area contributed by atoms with Crippen LogP contribution in [0.3, 0.4) is 0 Å². The molecule has 1 aromatic rings. The zero-order valence-corrected chi connectivity index (χ0v) is 7.88. The predicted octanol–water partition coefficient (Wildman–Crippen LogP) is 2.27. The van der Waals surface area contributed by atoms with Gasteiger partial charge in [0.15, 0.2) is 5.78 Å². The molecule has 0 fully saturated rings. The highest BCUT2D eigenvalue weighted by Crippen LogP contribution is 2.32. The molecule has 15 heavy (non-hydrogen) atoms. The summed E-state index contributed by atoms with van der Waals surface area (Å²) >= 11 is 0. The molecule has 1 rings (SSSR count). The fraction of sp³-hybridized carbons (Fsp3) is 0.300. The molecule has 5 heteroatoms. The van der Waals surface area contributed by atoms with E-state index in [1.165, 1.54) is 12.1 Å². The van der Waals surface area contributed by atoms with Crippen molar-refractivity contribution in [1.82, 2.24) is 0 Å². The van der Waals surface area contributed by atoms with Crippen molar-refractivity contribution in [3.8, 4) is 0 Å². The first-order valence-corrected chi connectivity index (χ1v) is 4.22. The van der Waals surface area contributed by atoms with E-state index in [2.05, 4.69) is 0 Å². The summed E-state index contributed by atoms with van der Waals surface area (Å²) in [5.41, 5.74) is -1.52. The van der Waals surface area contributed by atoms with Gasteiger partial charge in [0.05, 0.1) is 5.56 Å². The molecule has 0 heterocycles. The second-order valence-electron chi connectivity index (χ2n) is 3.08. The summed E-state index contributed by atoms with van der Waals surface area (Å²) in [7, 11) is 0. The van der Waals surface area contributed by atoms with Gasteiger partial charge >= 0.3 is 6.18 Å². The Hall–Kier alpha value is -1.36. The Morgan fingerprint density at radius 3 is 2.33 bits per heavy atom. The molecule has 0 saturated carbocycles. The first-order valence-electron chi connectivity index (χ1n) is 4.22. The number of benzene rings is 1. The monoisotopic (exact) mass is 218 g/mol. The molecule has 1 unspecified atom stereocenters. The molecule has 0 bridgehead atoms. The first kappa shape index (κ1) is 11.7. The molecule has 0 aliphatic rings. The molecule has 0 saturated heterocycles. The summed E-state index contributed by atoms with van der Waals surface area (Å²) in [6.45, 7) is 1.13. The zero-order chi connectivity index (χ0) is 11.6. The van der Waals surface area contributed by atoms with E-state index < -0.39 is 29.2 Å². The van der Waals surface area contributed by atoms with Gasteiger partial charge in [0, 0.05) is 5.56 Å². The van der Waals surface area contributed by atoms with Crippen molar-refractivity contribution < 1.29 is 23.1 Å². The fourth-order valence-corrected chi connectivity index (χ4v) is 1.17. The van der Waals surface area contributed by atoms with Gasteiger partial charge in [0.2, 0.25) is 0 Å². The van der Waals surface area contributed by atoms with Crippen LogP contribution in [0.2, 0.25) is 0 Å². The summed E-state index contributed by atoms with van der Waals surface area (Å²) in [4.78, 5) is 11.3. The standard InChI is InChI=1S/C10H9F3O2/c1-6(14)9(15)7-4-2-3-5-8(7)10(11,12)13/h2-6,14H,1H3. The number of hydrogen-bond donors (Lipinski definition) is 1. The van der Waals surface area contributed by atoms with Crippen LogP contribution < -0.4 is 0 Å². The van der Waals surface area contributed by atoms with Gasteiger partial charge in [0.1, 0.15) is 6.10 Å². The van der Waals surface area contributed by atoms with Crippen LogP contribution in [-0.4, -0.2) is 17.0 Å². The number of carbonyl (C=O) groups is 1. The topological polar surface area (TPSA) is 37.3 Å². The van der Waals surface area contributed by atoms with E-state index in [1.807, 2.05) is 0 Å². The number of hydrogen-bond acceptors (Lipinski definition) is 2. The van der Waals surface area contributed by atoms with Crippen molar-refractivity contribution in [3.05, 3.63) is 35.4 Å². The molecule has 1 N–H and O–H groups in total. The minimum absolute atomic E-state index is 0.500. The van der Waals surface area contributed by atoms with Gasteiger partial charge in [-0.1, -0.05) is 18.2 Å². The Balaban J connectivity index is 3.25. The van der Waals surface area contributed by atoms with E-state index in [0.29, 0.717) is 0 Å². The van der Waals surface area contributed by atoms with Crippen molar-refractivity contribution >= 4 is 5.78 Å². The Labute approximate surface area is 84.3 Å². The maximum absolute atomic E-state index is 12.4. The van der Waals surface area contributed by atoms with Crippen molar-refractivity contribution in [2.75, 3.05) is 0 Å². The Morgan fingerprint density at radius 1 is 1.33 bits per heavy atom. The summed E-state index contributed by atoms with van der Waals surface area (Å²) in [5, 5.41) is 8.95. The second-order valence-corrected chi connectivity index (χ2v) is 3.08. The van der Waals surface area contributed by atoms with Crippen LogP contribution in [0.25, 0.3) is 0 Å². The van der Waals surface area contributed by atoms with E-state index in [1.54, 1.807) is 0 Å². The molecule has 1 aromatic carbocycles. The first-order chi connectivity index (χ1) is 6.84. The van der Waals surface area contributed by atoms with Gasteiger partial charge in [-0.2, -0.15) is 13.2 Å². The second kappa shape index (κ2) is 4.02. The van der Waals surface area contributed by atoms with Crippen LogP contribution in [0, 0.1) is 0 Å². The fourth-order valence-electron chi connectivity index (χ4n) is 1.17. The van der Waals surface area contributed by atoms with Gasteiger partial charge in [-0.3, -0.25) is 4.79 Å². The highest BCUT2D eigenvalue weighted by atomic mass is 19.4. The van der Waals surface area contributed by atoms with E-state index in [4.69, 9.17) is 5.11 Å². The van der Waals surface area contributed by atoms with Crippen molar-refractivity contribution in [2.24, 2.45) is 0 Å². The maximum Gasteiger partial charge on any atom is 0.417 e. The summed E-state index contributed by atoms with van der Waals surface area (Å²) in [6.07, 6.45) is -6.02. The zero-order valence-electron chi connectivity index (χ0n) is 7.88. The Kier molecular flexibility index (Phi) is 3.14. The summed E-state index contributed by atoms with van der Waals surface area (Å²) < 4.78 is 37.3. The number of aliphatic hydroxyl groups is 1. The van der Waals surface area contributed by atoms with Gasteiger partial charge in [-0.25, -0.2) is 0 Å². The smallest absolute Gasteiger partial charge is 0.385 e. The Morgan fingerprint density at radius 2 is 1.87 bits per heavy atom. The minimum Gasteiger partial charge on any atom is -0.385 e. The summed E-state index contributed by atoms with van der Waals surface area (Å²) in [6, 6.07) is 4.39. The lowest BCUT2D eigenvalue weighted by Gasteiger charge is -2.12. The predicted molar refractivity (Wildman–Crippen MR) is 47.5 cm³/mol. The maximum atomic E-state index is 12.4. The lowest BCUT2D eigenvalue weighted by atomic mass is 10.0. The molecule has 0 spiro atoms. The van der Waals surface area contributed by atoms with Crippen LogP contribution in [0.15, 0.2) is 24.3 Å². The molecule has 0 aliphatic carbocycles. The summed E-state index contributed by atoms with van der Waals surface area (Å²) in [5.74, 6) is -0.928. The van der Waals surface area contributed by atoms with Crippen LogP contribution in [0.4, 0.5) is 13.2 Å². The van der Waals surface area contributed by atoms with Crippen molar-refractivity contribution in [1.29, 1.82) is 0 Å². The molecular formula is C10H9F3O2. The van der Waals surface area contributed by atoms with Crippen LogP contribution in [-0.2, 0) is 6.18 Å². The van der Waals surface area contributed by atoms with E-state index in [-0.39, 0.29) is 0 Å². The third-order valence-electron chi connectivity index (χ3n) is 1.88. The number of halogens is 3. The average Bonchev–Trinajstić information content (AvgIpc) is 2.15. The number of aliphatic hydroxyl groups excluding tert-OH is 1. The normalized spacial score (nSPS) is 13.7. The van der Waals surface area contributed by atoms with Gasteiger partial charge in [-0.05, 0) is 13.0 Å². The van der Waals surface area contributed by atoms with E-state index in [9.17, 15) is 18.0 Å².